The van der Waals surface area contributed by atoms with Crippen molar-refractivity contribution in [3.05, 3.63) is 60.0 Å². The summed E-state index contributed by atoms with van der Waals surface area (Å²) in [7, 11) is 0. The van der Waals surface area contributed by atoms with Gasteiger partial charge in [-0.05, 0) is 18.5 Å². The lowest BCUT2D eigenvalue weighted by Crippen LogP contribution is -2.28. The summed E-state index contributed by atoms with van der Waals surface area (Å²) in [6, 6.07) is 11.8. The van der Waals surface area contributed by atoms with Gasteiger partial charge in [0.2, 0.25) is 0 Å². The van der Waals surface area contributed by atoms with Crippen molar-refractivity contribution in [3.8, 4) is 0 Å². The third-order valence-electron chi connectivity index (χ3n) is 4.47. The molecule has 9 heteroatoms. The molecule has 1 atom stereocenters. The third-order valence-corrected chi connectivity index (χ3v) is 4.47. The van der Waals surface area contributed by atoms with E-state index in [0.717, 1.165) is 30.8 Å². The Balaban J connectivity index is 1.26. The molecule has 0 bridgehead atoms. The normalized spacial score (nSPS) is 16.4. The van der Waals surface area contributed by atoms with Crippen LogP contribution in [0.2, 0.25) is 0 Å². The second-order valence-corrected chi connectivity index (χ2v) is 6.53. The zero-order chi connectivity index (χ0) is 18.5. The zero-order valence-electron chi connectivity index (χ0n) is 14.9. The second-order valence-electron chi connectivity index (χ2n) is 6.53. The standard InChI is InChI=1S/C18H22N8O/c27-18(20-10-15-13-26(24-22-15)16-6-8-19-11-16)21-17-7-9-25(23-17)12-14-4-2-1-3-5-14/h1-5,7,9,13,16,19H,6,8,10-12H2,(H2,20,21,23,27). The van der Waals surface area contributed by atoms with Gasteiger partial charge in [0.1, 0.15) is 5.69 Å². The van der Waals surface area contributed by atoms with Crippen LogP contribution in [0.3, 0.4) is 0 Å². The number of carbonyl (C=O) groups is 1. The average molecular weight is 366 g/mol. The Labute approximate surface area is 156 Å². The molecule has 3 N–H and O–H groups in total. The van der Waals surface area contributed by atoms with Crippen LogP contribution in [-0.2, 0) is 13.1 Å². The molecule has 140 valence electrons. The molecule has 1 saturated heterocycles. The van der Waals surface area contributed by atoms with E-state index >= 15 is 0 Å². The number of aromatic nitrogens is 5. The van der Waals surface area contributed by atoms with Gasteiger partial charge in [-0.3, -0.25) is 10.00 Å². The van der Waals surface area contributed by atoms with E-state index in [9.17, 15) is 4.79 Å². The van der Waals surface area contributed by atoms with E-state index in [1.54, 1.807) is 10.7 Å². The van der Waals surface area contributed by atoms with Crippen molar-refractivity contribution in [1.29, 1.82) is 0 Å². The summed E-state index contributed by atoms with van der Waals surface area (Å²) in [6.45, 7) is 2.87. The van der Waals surface area contributed by atoms with Crippen molar-refractivity contribution in [3.63, 3.8) is 0 Å². The van der Waals surface area contributed by atoms with Gasteiger partial charge in [-0.1, -0.05) is 35.5 Å². The van der Waals surface area contributed by atoms with Crippen LogP contribution in [0.25, 0.3) is 0 Å². The Morgan fingerprint density at radius 1 is 1.26 bits per heavy atom. The largest absolute Gasteiger partial charge is 0.332 e. The quantitative estimate of drug-likeness (QED) is 0.612. The van der Waals surface area contributed by atoms with Crippen LogP contribution in [-0.4, -0.2) is 43.9 Å². The molecule has 27 heavy (non-hydrogen) atoms. The minimum Gasteiger partial charge on any atom is -0.332 e. The number of nitrogens with one attached hydrogen (secondary N) is 3. The third kappa shape index (κ3) is 4.50. The maximum atomic E-state index is 12.1. The second kappa shape index (κ2) is 8.00. The summed E-state index contributed by atoms with van der Waals surface area (Å²) < 4.78 is 3.65. The maximum Gasteiger partial charge on any atom is 0.320 e. The number of nitrogens with zero attached hydrogens (tertiary/aromatic N) is 5. The summed E-state index contributed by atoms with van der Waals surface area (Å²) in [5.41, 5.74) is 1.88. The molecule has 0 saturated carbocycles. The molecule has 1 unspecified atom stereocenters. The van der Waals surface area contributed by atoms with Gasteiger partial charge in [-0.15, -0.1) is 5.10 Å². The number of hydrogen-bond acceptors (Lipinski definition) is 5. The summed E-state index contributed by atoms with van der Waals surface area (Å²) in [6.07, 6.45) is 4.76. The fourth-order valence-electron chi connectivity index (χ4n) is 3.06. The van der Waals surface area contributed by atoms with Crippen LogP contribution in [0.1, 0.15) is 23.7 Å². The fraction of sp³-hybridized carbons (Fsp3) is 0.333. The molecule has 0 radical (unpaired) electrons. The van der Waals surface area contributed by atoms with E-state index in [-0.39, 0.29) is 6.03 Å². The van der Waals surface area contributed by atoms with Gasteiger partial charge in [0.25, 0.3) is 0 Å². The molecule has 1 fully saturated rings. The molecule has 1 aromatic carbocycles. The van der Waals surface area contributed by atoms with Crippen LogP contribution in [0, 0.1) is 0 Å². The van der Waals surface area contributed by atoms with Crippen molar-refractivity contribution >= 4 is 11.8 Å². The Hall–Kier alpha value is -3.20. The molecule has 4 rings (SSSR count). The van der Waals surface area contributed by atoms with E-state index in [4.69, 9.17) is 0 Å². The predicted octanol–water partition coefficient (Wildman–Crippen LogP) is 1.38. The van der Waals surface area contributed by atoms with Crippen molar-refractivity contribution in [2.45, 2.75) is 25.6 Å². The Bertz CT molecular complexity index is 882. The first-order chi connectivity index (χ1) is 13.3. The van der Waals surface area contributed by atoms with Gasteiger partial charge in [-0.25, -0.2) is 9.48 Å². The average Bonchev–Trinajstić information content (AvgIpc) is 3.43. The van der Waals surface area contributed by atoms with Gasteiger partial charge in [-0.2, -0.15) is 5.10 Å². The highest BCUT2D eigenvalue weighted by atomic mass is 16.2. The number of hydrogen-bond donors (Lipinski definition) is 3. The van der Waals surface area contributed by atoms with Gasteiger partial charge >= 0.3 is 6.03 Å². The Kier molecular flexibility index (Phi) is 5.10. The van der Waals surface area contributed by atoms with E-state index in [1.165, 1.54) is 0 Å². The van der Waals surface area contributed by atoms with Crippen molar-refractivity contribution < 1.29 is 4.79 Å². The Morgan fingerprint density at radius 3 is 2.96 bits per heavy atom. The molecule has 2 amide bonds. The molecule has 0 aliphatic carbocycles. The Morgan fingerprint density at radius 2 is 2.15 bits per heavy atom. The molecule has 3 aromatic rings. The number of rotatable bonds is 6. The van der Waals surface area contributed by atoms with E-state index < -0.39 is 0 Å². The molecular weight excluding hydrogens is 344 g/mol. The topological polar surface area (TPSA) is 102 Å². The molecule has 1 aliphatic rings. The minimum absolute atomic E-state index is 0.316. The van der Waals surface area contributed by atoms with Crippen LogP contribution in [0.15, 0.2) is 48.8 Å². The summed E-state index contributed by atoms with van der Waals surface area (Å²) in [5, 5.41) is 21.4. The number of benzene rings is 1. The summed E-state index contributed by atoms with van der Waals surface area (Å²) in [5.74, 6) is 0.504. The number of anilines is 1. The summed E-state index contributed by atoms with van der Waals surface area (Å²) in [4.78, 5) is 12.1. The first kappa shape index (κ1) is 17.2. The van der Waals surface area contributed by atoms with E-state index in [1.807, 2.05) is 47.4 Å². The maximum absolute atomic E-state index is 12.1. The van der Waals surface area contributed by atoms with E-state index in [2.05, 4.69) is 31.4 Å². The lowest BCUT2D eigenvalue weighted by Gasteiger charge is -2.06. The van der Waals surface area contributed by atoms with Gasteiger partial charge < -0.3 is 10.6 Å². The van der Waals surface area contributed by atoms with Gasteiger partial charge in [0.05, 0.1) is 25.3 Å². The van der Waals surface area contributed by atoms with Crippen LogP contribution in [0.4, 0.5) is 10.6 Å². The lowest BCUT2D eigenvalue weighted by molar-refractivity contribution is 0.251. The molecule has 3 heterocycles. The minimum atomic E-state index is -0.322. The highest BCUT2D eigenvalue weighted by molar-refractivity contribution is 5.87. The van der Waals surface area contributed by atoms with Crippen molar-refractivity contribution in [1.82, 2.24) is 35.4 Å². The fourth-order valence-corrected chi connectivity index (χ4v) is 3.06. The van der Waals surface area contributed by atoms with Gasteiger partial charge in [0, 0.05) is 18.8 Å². The first-order valence-electron chi connectivity index (χ1n) is 9.00. The molecule has 0 spiro atoms. The SMILES string of the molecule is O=C(NCc1cn(C2CCNC2)nn1)Nc1ccn(Cc2ccccc2)n1. The van der Waals surface area contributed by atoms with Crippen LogP contribution in [0.5, 0.6) is 0 Å². The van der Waals surface area contributed by atoms with Crippen LogP contribution < -0.4 is 16.0 Å². The zero-order valence-corrected chi connectivity index (χ0v) is 14.9. The lowest BCUT2D eigenvalue weighted by atomic mass is 10.2. The number of carbonyl (C=O) groups excluding carboxylic acids is 1. The highest BCUT2D eigenvalue weighted by Gasteiger charge is 2.17. The smallest absolute Gasteiger partial charge is 0.320 e. The van der Waals surface area contributed by atoms with Crippen molar-refractivity contribution in [2.24, 2.45) is 0 Å². The summed E-state index contributed by atoms with van der Waals surface area (Å²) >= 11 is 0. The van der Waals surface area contributed by atoms with Gasteiger partial charge in [0.15, 0.2) is 5.82 Å². The highest BCUT2D eigenvalue weighted by Crippen LogP contribution is 2.13. The van der Waals surface area contributed by atoms with E-state index in [0.29, 0.717) is 24.9 Å². The van der Waals surface area contributed by atoms with Crippen LogP contribution >= 0.6 is 0 Å². The molecular formula is C18H22N8O. The molecule has 1 aliphatic heterocycles. The molecule has 2 aromatic heterocycles. The predicted molar refractivity (Wildman–Crippen MR) is 100 cm³/mol. The number of urea groups is 1. The molecule has 9 nitrogen and oxygen atoms in total. The number of amides is 2. The van der Waals surface area contributed by atoms with Crippen molar-refractivity contribution in [2.75, 3.05) is 18.4 Å². The monoisotopic (exact) mass is 366 g/mol. The first-order valence-corrected chi connectivity index (χ1v) is 9.00.